The van der Waals surface area contributed by atoms with E-state index >= 15 is 0 Å². The van der Waals surface area contributed by atoms with Gasteiger partial charge in [0.1, 0.15) is 6.04 Å². The van der Waals surface area contributed by atoms with Crippen LogP contribution in [0.1, 0.15) is 43.9 Å². The van der Waals surface area contributed by atoms with E-state index in [2.05, 4.69) is 16.7 Å². The molecule has 1 unspecified atom stereocenters. The Kier molecular flexibility index (Phi) is 4.83. The third-order valence-electron chi connectivity index (χ3n) is 3.89. The van der Waals surface area contributed by atoms with E-state index in [0.29, 0.717) is 0 Å². The third kappa shape index (κ3) is 3.74. The maximum absolute atomic E-state index is 12.1. The second-order valence-electron chi connectivity index (χ2n) is 5.82. The molecule has 5 heteroatoms. The Hall–Kier alpha value is -2.04. The molecule has 1 aliphatic carbocycles. The number of hydrogen-bond acceptors (Lipinski definition) is 2. The lowest BCUT2D eigenvalue weighted by Gasteiger charge is -2.27. The first kappa shape index (κ1) is 15.4. The van der Waals surface area contributed by atoms with Gasteiger partial charge in [-0.05, 0) is 36.3 Å². The van der Waals surface area contributed by atoms with Gasteiger partial charge in [0.15, 0.2) is 0 Å². The Morgan fingerprint density at radius 3 is 2.67 bits per heavy atom. The lowest BCUT2D eigenvalue weighted by Crippen LogP contribution is -2.49. The zero-order valence-electron chi connectivity index (χ0n) is 12.4. The van der Waals surface area contributed by atoms with Gasteiger partial charge in [0.2, 0.25) is 0 Å². The van der Waals surface area contributed by atoms with Crippen molar-refractivity contribution in [3.8, 4) is 0 Å². The Bertz CT molecular complexity index is 528. The van der Waals surface area contributed by atoms with E-state index < -0.39 is 18.0 Å². The van der Waals surface area contributed by atoms with E-state index in [4.69, 9.17) is 5.11 Å². The van der Waals surface area contributed by atoms with Crippen molar-refractivity contribution in [3.05, 3.63) is 35.4 Å². The molecule has 0 spiro atoms. The van der Waals surface area contributed by atoms with Gasteiger partial charge >= 0.3 is 12.0 Å². The number of aliphatic carboxylic acids is 1. The number of carbonyl (C=O) groups is 2. The van der Waals surface area contributed by atoms with E-state index in [-0.39, 0.29) is 12.0 Å². The van der Waals surface area contributed by atoms with E-state index in [0.717, 1.165) is 24.8 Å². The van der Waals surface area contributed by atoms with Crippen LogP contribution in [0.15, 0.2) is 24.3 Å². The minimum Gasteiger partial charge on any atom is -0.480 e. The van der Waals surface area contributed by atoms with Crippen molar-refractivity contribution in [1.82, 2.24) is 10.6 Å². The van der Waals surface area contributed by atoms with E-state index in [1.54, 1.807) is 13.8 Å². The average Bonchev–Trinajstić information content (AvgIpc) is 2.44. The molecule has 0 saturated carbocycles. The van der Waals surface area contributed by atoms with Crippen LogP contribution in [0.4, 0.5) is 4.79 Å². The van der Waals surface area contributed by atoms with Gasteiger partial charge in [-0.25, -0.2) is 9.59 Å². The second kappa shape index (κ2) is 6.61. The van der Waals surface area contributed by atoms with Gasteiger partial charge < -0.3 is 15.7 Å². The van der Waals surface area contributed by atoms with Gasteiger partial charge in [0.05, 0.1) is 6.04 Å². The van der Waals surface area contributed by atoms with Crippen LogP contribution in [0.25, 0.3) is 0 Å². The van der Waals surface area contributed by atoms with E-state index in [1.165, 1.54) is 5.56 Å². The van der Waals surface area contributed by atoms with Crippen LogP contribution in [0.2, 0.25) is 0 Å². The number of nitrogens with one attached hydrogen (secondary N) is 2. The molecular formula is C16H22N2O3. The van der Waals surface area contributed by atoms with Crippen molar-refractivity contribution in [2.24, 2.45) is 5.92 Å². The molecule has 2 rings (SSSR count). The lowest BCUT2D eigenvalue weighted by molar-refractivity contribution is -0.140. The van der Waals surface area contributed by atoms with Crippen LogP contribution in [-0.2, 0) is 11.2 Å². The average molecular weight is 290 g/mol. The fraction of sp³-hybridized carbons (Fsp3) is 0.500. The first-order chi connectivity index (χ1) is 9.99. The first-order valence-electron chi connectivity index (χ1n) is 7.36. The lowest BCUT2D eigenvalue weighted by atomic mass is 9.88. The van der Waals surface area contributed by atoms with Crippen molar-refractivity contribution in [2.75, 3.05) is 0 Å². The zero-order chi connectivity index (χ0) is 15.4. The normalized spacial score (nSPS) is 18.7. The van der Waals surface area contributed by atoms with Crippen molar-refractivity contribution in [2.45, 2.75) is 45.2 Å². The van der Waals surface area contributed by atoms with Gasteiger partial charge in [0, 0.05) is 0 Å². The van der Waals surface area contributed by atoms with E-state index in [1.807, 2.05) is 18.2 Å². The van der Waals surface area contributed by atoms with Crippen LogP contribution in [0.5, 0.6) is 0 Å². The van der Waals surface area contributed by atoms with Gasteiger partial charge in [-0.15, -0.1) is 0 Å². The minimum atomic E-state index is -1.01. The van der Waals surface area contributed by atoms with Crippen LogP contribution in [0.3, 0.4) is 0 Å². The van der Waals surface area contributed by atoms with Crippen molar-refractivity contribution in [1.29, 1.82) is 0 Å². The number of aryl methyl sites for hydroxylation is 1. The molecule has 114 valence electrons. The summed E-state index contributed by atoms with van der Waals surface area (Å²) in [5.41, 5.74) is 2.39. The van der Waals surface area contributed by atoms with Crippen molar-refractivity contribution < 1.29 is 14.7 Å². The fourth-order valence-electron chi connectivity index (χ4n) is 2.76. The van der Waals surface area contributed by atoms with Gasteiger partial charge in [-0.2, -0.15) is 0 Å². The fourth-order valence-corrected chi connectivity index (χ4v) is 2.76. The molecule has 1 aromatic rings. The number of fused-ring (bicyclic) bond motifs is 1. The predicted molar refractivity (Wildman–Crippen MR) is 80.1 cm³/mol. The van der Waals surface area contributed by atoms with Gasteiger partial charge in [-0.3, -0.25) is 0 Å². The number of carboxylic acids is 1. The third-order valence-corrected chi connectivity index (χ3v) is 3.89. The molecule has 0 fully saturated rings. The standard InChI is InChI=1S/C16H22N2O3/c1-10(2)14(15(19)20)18-16(21)17-13-9-5-7-11-6-3-4-8-12(11)13/h3-4,6,8,10,13-14H,5,7,9H2,1-2H3,(H,19,20)(H2,17,18,21)/t13?,14-/m1/s1. The van der Waals surface area contributed by atoms with Crippen LogP contribution < -0.4 is 10.6 Å². The number of carbonyl (C=O) groups excluding carboxylic acids is 1. The summed E-state index contributed by atoms with van der Waals surface area (Å²) in [4.78, 5) is 23.2. The molecule has 21 heavy (non-hydrogen) atoms. The van der Waals surface area contributed by atoms with Crippen LogP contribution in [0, 0.1) is 5.92 Å². The number of hydrogen-bond donors (Lipinski definition) is 3. The summed E-state index contributed by atoms with van der Waals surface area (Å²) in [6.07, 6.45) is 2.93. The SMILES string of the molecule is CC(C)[C@@H](NC(=O)NC1CCCc2ccccc21)C(=O)O. The van der Waals surface area contributed by atoms with Crippen molar-refractivity contribution in [3.63, 3.8) is 0 Å². The molecule has 0 radical (unpaired) electrons. The van der Waals surface area contributed by atoms with E-state index in [9.17, 15) is 9.59 Å². The quantitative estimate of drug-likeness (QED) is 0.797. The molecule has 5 nitrogen and oxygen atoms in total. The monoisotopic (exact) mass is 290 g/mol. The molecule has 0 aliphatic heterocycles. The molecular weight excluding hydrogens is 268 g/mol. The summed E-state index contributed by atoms with van der Waals surface area (Å²) >= 11 is 0. The maximum atomic E-state index is 12.1. The Morgan fingerprint density at radius 1 is 1.29 bits per heavy atom. The summed E-state index contributed by atoms with van der Waals surface area (Å²) < 4.78 is 0. The highest BCUT2D eigenvalue weighted by Gasteiger charge is 2.26. The topological polar surface area (TPSA) is 78.4 Å². The molecule has 1 aliphatic rings. The summed E-state index contributed by atoms with van der Waals surface area (Å²) in [7, 11) is 0. The number of carboxylic acid groups (broad SMARTS) is 1. The summed E-state index contributed by atoms with van der Waals surface area (Å²) in [6, 6.07) is 6.73. The smallest absolute Gasteiger partial charge is 0.326 e. The number of benzene rings is 1. The number of rotatable bonds is 4. The first-order valence-corrected chi connectivity index (χ1v) is 7.36. The molecule has 0 aromatic heterocycles. The molecule has 0 heterocycles. The predicted octanol–water partition coefficient (Wildman–Crippen LogP) is 2.47. The maximum Gasteiger partial charge on any atom is 0.326 e. The highest BCUT2D eigenvalue weighted by Crippen LogP contribution is 2.29. The Balaban J connectivity index is 2.02. The van der Waals surface area contributed by atoms with Crippen molar-refractivity contribution >= 4 is 12.0 Å². The van der Waals surface area contributed by atoms with Gasteiger partial charge in [0.25, 0.3) is 0 Å². The summed E-state index contributed by atoms with van der Waals surface area (Å²) in [6.45, 7) is 3.55. The largest absolute Gasteiger partial charge is 0.480 e. The molecule has 0 bridgehead atoms. The molecule has 2 atom stereocenters. The second-order valence-corrected chi connectivity index (χ2v) is 5.82. The molecule has 0 saturated heterocycles. The molecule has 2 amide bonds. The number of amides is 2. The minimum absolute atomic E-state index is 0.0449. The Labute approximate surface area is 124 Å². The van der Waals surface area contributed by atoms with Crippen LogP contribution >= 0.6 is 0 Å². The zero-order valence-corrected chi connectivity index (χ0v) is 12.4. The summed E-state index contributed by atoms with van der Waals surface area (Å²) in [5.74, 6) is -1.17. The highest BCUT2D eigenvalue weighted by molar-refractivity contribution is 5.83. The summed E-state index contributed by atoms with van der Waals surface area (Å²) in [5, 5.41) is 14.6. The van der Waals surface area contributed by atoms with Crippen LogP contribution in [-0.4, -0.2) is 23.1 Å². The Morgan fingerprint density at radius 2 is 2.00 bits per heavy atom. The molecule has 1 aromatic carbocycles. The number of urea groups is 1. The van der Waals surface area contributed by atoms with Gasteiger partial charge in [-0.1, -0.05) is 38.1 Å². The molecule has 3 N–H and O–H groups in total. The highest BCUT2D eigenvalue weighted by atomic mass is 16.4.